The summed E-state index contributed by atoms with van der Waals surface area (Å²) in [4.78, 5) is 11.3. The molecular formula is C16H17NO5S. The Balaban J connectivity index is 2.05. The zero-order valence-corrected chi connectivity index (χ0v) is 13.3. The Morgan fingerprint density at radius 1 is 1.13 bits per heavy atom. The maximum absolute atomic E-state index is 12.1. The van der Waals surface area contributed by atoms with Crippen LogP contribution in [0, 0.1) is 6.92 Å². The molecule has 0 aromatic heterocycles. The minimum absolute atomic E-state index is 0.0690. The van der Waals surface area contributed by atoms with Gasteiger partial charge >= 0.3 is 5.97 Å². The first kappa shape index (κ1) is 17.0. The summed E-state index contributed by atoms with van der Waals surface area (Å²) in [5.41, 5.74) is 1.01. The first-order valence-electron chi connectivity index (χ1n) is 6.89. The minimum atomic E-state index is -3.78. The average Bonchev–Trinajstić information content (AvgIpc) is 2.54. The normalized spacial score (nSPS) is 12.6. The SMILES string of the molecule is Cc1ccc(OC(CNS(=O)(=O)c2ccccc2)C(=O)O)cc1. The van der Waals surface area contributed by atoms with Crippen molar-refractivity contribution in [3.63, 3.8) is 0 Å². The van der Waals surface area contributed by atoms with Gasteiger partial charge in [0.15, 0.2) is 0 Å². The number of ether oxygens (including phenoxy) is 1. The molecule has 0 fully saturated rings. The highest BCUT2D eigenvalue weighted by atomic mass is 32.2. The molecule has 0 spiro atoms. The highest BCUT2D eigenvalue weighted by Gasteiger charge is 2.23. The quantitative estimate of drug-likeness (QED) is 0.805. The van der Waals surface area contributed by atoms with Crippen LogP contribution in [0.4, 0.5) is 0 Å². The van der Waals surface area contributed by atoms with E-state index in [1.54, 1.807) is 42.5 Å². The largest absolute Gasteiger partial charge is 0.478 e. The van der Waals surface area contributed by atoms with Crippen molar-refractivity contribution in [3.05, 3.63) is 60.2 Å². The smallest absolute Gasteiger partial charge is 0.346 e. The van der Waals surface area contributed by atoms with E-state index in [9.17, 15) is 18.3 Å². The van der Waals surface area contributed by atoms with Gasteiger partial charge in [0.25, 0.3) is 0 Å². The highest BCUT2D eigenvalue weighted by Crippen LogP contribution is 2.14. The summed E-state index contributed by atoms with van der Waals surface area (Å²) >= 11 is 0. The number of sulfonamides is 1. The molecule has 0 saturated heterocycles. The van der Waals surface area contributed by atoms with Crippen LogP contribution in [0.1, 0.15) is 5.56 Å². The molecule has 0 radical (unpaired) electrons. The first-order valence-corrected chi connectivity index (χ1v) is 8.37. The van der Waals surface area contributed by atoms with Crippen LogP contribution < -0.4 is 9.46 Å². The van der Waals surface area contributed by atoms with Crippen LogP contribution in [0.25, 0.3) is 0 Å². The van der Waals surface area contributed by atoms with Crippen molar-refractivity contribution < 1.29 is 23.1 Å². The predicted octanol–water partition coefficient (Wildman–Crippen LogP) is 1.81. The van der Waals surface area contributed by atoms with E-state index in [0.717, 1.165) is 5.56 Å². The van der Waals surface area contributed by atoms with E-state index in [4.69, 9.17) is 4.74 Å². The number of rotatable bonds is 7. The highest BCUT2D eigenvalue weighted by molar-refractivity contribution is 7.89. The number of benzene rings is 2. The molecule has 2 N–H and O–H groups in total. The lowest BCUT2D eigenvalue weighted by atomic mass is 10.2. The van der Waals surface area contributed by atoms with Gasteiger partial charge in [-0.15, -0.1) is 0 Å². The van der Waals surface area contributed by atoms with Gasteiger partial charge in [-0.2, -0.15) is 0 Å². The fourth-order valence-corrected chi connectivity index (χ4v) is 2.88. The minimum Gasteiger partial charge on any atom is -0.478 e. The zero-order chi connectivity index (χ0) is 16.9. The fraction of sp³-hybridized carbons (Fsp3) is 0.188. The molecule has 0 heterocycles. The summed E-state index contributed by atoms with van der Waals surface area (Å²) in [7, 11) is -3.78. The van der Waals surface area contributed by atoms with E-state index in [2.05, 4.69) is 4.72 Å². The van der Waals surface area contributed by atoms with Gasteiger partial charge in [0, 0.05) is 0 Å². The third kappa shape index (κ3) is 4.80. The van der Waals surface area contributed by atoms with Gasteiger partial charge in [-0.1, -0.05) is 35.9 Å². The topological polar surface area (TPSA) is 92.7 Å². The third-order valence-electron chi connectivity index (χ3n) is 3.09. The van der Waals surface area contributed by atoms with E-state index in [-0.39, 0.29) is 11.4 Å². The molecule has 0 bridgehead atoms. The van der Waals surface area contributed by atoms with Crippen LogP contribution in [0.2, 0.25) is 0 Å². The van der Waals surface area contributed by atoms with Crippen molar-refractivity contribution in [3.8, 4) is 5.75 Å². The Hall–Kier alpha value is -2.38. The molecule has 0 aliphatic carbocycles. The monoisotopic (exact) mass is 335 g/mol. The summed E-state index contributed by atoms with van der Waals surface area (Å²) < 4.78 is 31.8. The summed E-state index contributed by atoms with van der Waals surface area (Å²) in [6, 6.07) is 14.6. The van der Waals surface area contributed by atoms with Crippen LogP contribution >= 0.6 is 0 Å². The summed E-state index contributed by atoms with van der Waals surface area (Å²) in [5.74, 6) is -0.886. The second-order valence-electron chi connectivity index (χ2n) is 4.92. The molecule has 0 aliphatic heterocycles. The molecule has 0 saturated carbocycles. The molecule has 23 heavy (non-hydrogen) atoms. The maximum Gasteiger partial charge on any atom is 0.346 e. The fourth-order valence-electron chi connectivity index (χ4n) is 1.83. The van der Waals surface area contributed by atoms with Crippen LogP contribution in [-0.4, -0.2) is 32.1 Å². The molecular weight excluding hydrogens is 318 g/mol. The zero-order valence-electron chi connectivity index (χ0n) is 12.5. The lowest BCUT2D eigenvalue weighted by Gasteiger charge is -2.16. The number of carboxylic acid groups (broad SMARTS) is 1. The van der Waals surface area contributed by atoms with Crippen molar-refractivity contribution in [2.75, 3.05) is 6.54 Å². The molecule has 0 aliphatic rings. The number of carboxylic acids is 1. The second-order valence-corrected chi connectivity index (χ2v) is 6.69. The number of carbonyl (C=O) groups is 1. The van der Waals surface area contributed by atoms with Crippen LogP contribution in [0.3, 0.4) is 0 Å². The van der Waals surface area contributed by atoms with Crippen LogP contribution in [-0.2, 0) is 14.8 Å². The van der Waals surface area contributed by atoms with Crippen LogP contribution in [0.5, 0.6) is 5.75 Å². The standard InChI is InChI=1S/C16H17NO5S/c1-12-7-9-13(10-8-12)22-15(16(18)19)11-17-23(20,21)14-5-3-2-4-6-14/h2-10,15,17H,11H2,1H3,(H,18,19). The Labute approximate surface area is 134 Å². The third-order valence-corrected chi connectivity index (χ3v) is 4.53. The maximum atomic E-state index is 12.1. The Morgan fingerprint density at radius 2 is 1.74 bits per heavy atom. The van der Waals surface area contributed by atoms with Crippen LogP contribution in [0.15, 0.2) is 59.5 Å². The van der Waals surface area contributed by atoms with Gasteiger partial charge in [0.05, 0.1) is 11.4 Å². The molecule has 2 aromatic rings. The molecule has 1 atom stereocenters. The number of aryl methyl sites for hydroxylation is 1. The van der Waals surface area contributed by atoms with Gasteiger partial charge in [-0.05, 0) is 31.2 Å². The second kappa shape index (κ2) is 7.26. The van der Waals surface area contributed by atoms with Crippen molar-refractivity contribution in [1.82, 2.24) is 4.72 Å². The van der Waals surface area contributed by atoms with Gasteiger partial charge < -0.3 is 9.84 Å². The Morgan fingerprint density at radius 3 is 2.30 bits per heavy atom. The number of aliphatic carboxylic acids is 1. The lowest BCUT2D eigenvalue weighted by Crippen LogP contribution is -2.40. The van der Waals surface area contributed by atoms with E-state index < -0.39 is 22.1 Å². The molecule has 2 rings (SSSR count). The Kier molecular flexibility index (Phi) is 5.36. The van der Waals surface area contributed by atoms with Gasteiger partial charge in [0.2, 0.25) is 16.1 Å². The average molecular weight is 335 g/mol. The molecule has 2 aromatic carbocycles. The number of hydrogen-bond donors (Lipinski definition) is 2. The van der Waals surface area contributed by atoms with Crippen molar-refractivity contribution in [1.29, 1.82) is 0 Å². The molecule has 6 nitrogen and oxygen atoms in total. The van der Waals surface area contributed by atoms with E-state index in [0.29, 0.717) is 5.75 Å². The molecule has 122 valence electrons. The number of nitrogens with one attached hydrogen (secondary N) is 1. The van der Waals surface area contributed by atoms with Crippen molar-refractivity contribution >= 4 is 16.0 Å². The predicted molar refractivity (Wildman–Crippen MR) is 84.9 cm³/mol. The molecule has 0 amide bonds. The molecule has 1 unspecified atom stereocenters. The number of hydrogen-bond acceptors (Lipinski definition) is 4. The van der Waals surface area contributed by atoms with Crippen molar-refractivity contribution in [2.24, 2.45) is 0 Å². The Bertz CT molecular complexity index is 757. The van der Waals surface area contributed by atoms with E-state index in [1.807, 2.05) is 6.92 Å². The molecule has 7 heteroatoms. The van der Waals surface area contributed by atoms with Gasteiger partial charge in [-0.25, -0.2) is 17.9 Å². The van der Waals surface area contributed by atoms with Gasteiger partial charge in [-0.3, -0.25) is 0 Å². The lowest BCUT2D eigenvalue weighted by molar-refractivity contribution is -0.144. The van der Waals surface area contributed by atoms with E-state index >= 15 is 0 Å². The van der Waals surface area contributed by atoms with Gasteiger partial charge in [0.1, 0.15) is 5.75 Å². The summed E-state index contributed by atoms with van der Waals surface area (Å²) in [5, 5.41) is 9.20. The summed E-state index contributed by atoms with van der Waals surface area (Å²) in [6.45, 7) is 1.52. The first-order chi connectivity index (χ1) is 10.9. The van der Waals surface area contributed by atoms with E-state index in [1.165, 1.54) is 12.1 Å². The summed E-state index contributed by atoms with van der Waals surface area (Å²) in [6.07, 6.45) is -1.32. The van der Waals surface area contributed by atoms with Crippen molar-refractivity contribution in [2.45, 2.75) is 17.9 Å².